The molecule has 0 unspecified atom stereocenters. The second kappa shape index (κ2) is 10.2. The second-order valence-corrected chi connectivity index (χ2v) is 7.15. The Labute approximate surface area is 151 Å². The number of hydrogen-bond acceptors (Lipinski definition) is 3. The lowest BCUT2D eigenvalue weighted by molar-refractivity contribution is -0.123. The van der Waals surface area contributed by atoms with Crippen LogP contribution >= 0.6 is 34.8 Å². The molecule has 1 rings (SSSR count). The molecule has 0 saturated heterocycles. The molecular weight excluding hydrogens is 361 g/mol. The lowest BCUT2D eigenvalue weighted by atomic mass is 10.0. The van der Waals surface area contributed by atoms with Gasteiger partial charge in [-0.1, -0.05) is 71.2 Å². The summed E-state index contributed by atoms with van der Waals surface area (Å²) in [6, 6.07) is 9.44. The molecule has 0 aromatic heterocycles. The Kier molecular flexibility index (Phi) is 8.95. The van der Waals surface area contributed by atoms with Crippen molar-refractivity contribution in [1.29, 1.82) is 0 Å². The number of carbonyl (C=O) groups is 1. The molecule has 1 aromatic rings. The molecule has 0 spiro atoms. The molecule has 1 N–H and O–H groups in total. The second-order valence-electron chi connectivity index (χ2n) is 4.87. The lowest BCUT2D eigenvalue weighted by Gasteiger charge is -2.27. The Bertz CT molecular complexity index is 491. The molecule has 2 atom stereocenters. The molecule has 0 heterocycles. The third kappa shape index (κ3) is 7.55. The molecule has 4 nitrogen and oxygen atoms in total. The summed E-state index contributed by atoms with van der Waals surface area (Å²) in [5.74, 6) is -0.724. The highest BCUT2D eigenvalue weighted by Gasteiger charge is 2.33. The summed E-state index contributed by atoms with van der Waals surface area (Å²) in [5.41, 5.74) is 1.16. The van der Waals surface area contributed by atoms with Gasteiger partial charge in [0.1, 0.15) is 6.79 Å². The van der Waals surface area contributed by atoms with Crippen LogP contribution in [0, 0.1) is 0 Å². The quantitative estimate of drug-likeness (QED) is 0.404. The maximum atomic E-state index is 11.8. The van der Waals surface area contributed by atoms with Gasteiger partial charge in [0, 0.05) is 7.11 Å². The first kappa shape index (κ1) is 20.3. The van der Waals surface area contributed by atoms with Crippen molar-refractivity contribution in [1.82, 2.24) is 5.32 Å². The standard InChI is InChI=1S/C16H20Cl3NO3/c1-3-13(20-15(21)16(17,18)19)14(23-11-22-2)10-9-12-7-5-4-6-8-12/h3-8,13-14H,1,9-11H2,2H3,(H,20,21)/t13-,14+/m1/s1. The summed E-state index contributed by atoms with van der Waals surface area (Å²) in [4.78, 5) is 11.8. The number of hydrogen-bond donors (Lipinski definition) is 1. The topological polar surface area (TPSA) is 47.6 Å². The SMILES string of the molecule is C=C[C@@H](NC(=O)C(Cl)(Cl)Cl)[C@H](CCc1ccccc1)OCOC. The van der Waals surface area contributed by atoms with E-state index >= 15 is 0 Å². The number of rotatable bonds is 9. The van der Waals surface area contributed by atoms with Crippen LogP contribution in [0.15, 0.2) is 43.0 Å². The van der Waals surface area contributed by atoms with Crippen LogP contribution in [0.25, 0.3) is 0 Å². The minimum Gasteiger partial charge on any atom is -0.359 e. The number of amides is 1. The van der Waals surface area contributed by atoms with Crippen molar-refractivity contribution in [2.75, 3.05) is 13.9 Å². The van der Waals surface area contributed by atoms with Crippen LogP contribution in [0.2, 0.25) is 0 Å². The van der Waals surface area contributed by atoms with E-state index in [1.54, 1.807) is 6.08 Å². The minimum atomic E-state index is -2.04. The molecule has 0 aliphatic rings. The van der Waals surface area contributed by atoms with E-state index in [4.69, 9.17) is 44.3 Å². The number of aryl methyl sites for hydroxylation is 1. The summed E-state index contributed by atoms with van der Waals surface area (Å²) < 4.78 is 8.55. The molecule has 0 saturated carbocycles. The van der Waals surface area contributed by atoms with Crippen LogP contribution in [0.1, 0.15) is 12.0 Å². The van der Waals surface area contributed by atoms with Crippen LogP contribution in [0.4, 0.5) is 0 Å². The smallest absolute Gasteiger partial charge is 0.272 e. The monoisotopic (exact) mass is 379 g/mol. The number of methoxy groups -OCH3 is 1. The predicted molar refractivity (Wildman–Crippen MR) is 93.9 cm³/mol. The number of alkyl halides is 3. The van der Waals surface area contributed by atoms with Crippen LogP contribution in [-0.4, -0.2) is 35.7 Å². The highest BCUT2D eigenvalue weighted by atomic mass is 35.6. The van der Waals surface area contributed by atoms with E-state index in [2.05, 4.69) is 11.9 Å². The minimum absolute atomic E-state index is 0.0907. The Morgan fingerprint density at radius 3 is 2.52 bits per heavy atom. The molecular formula is C16H20Cl3NO3. The van der Waals surface area contributed by atoms with Gasteiger partial charge in [-0.05, 0) is 18.4 Å². The molecule has 0 bridgehead atoms. The molecule has 128 valence electrons. The zero-order chi connectivity index (χ0) is 17.3. The fourth-order valence-electron chi connectivity index (χ4n) is 2.01. The van der Waals surface area contributed by atoms with E-state index in [9.17, 15) is 4.79 Å². The molecule has 0 fully saturated rings. The van der Waals surface area contributed by atoms with Crippen molar-refractivity contribution in [3.63, 3.8) is 0 Å². The maximum absolute atomic E-state index is 11.8. The summed E-state index contributed by atoms with van der Waals surface area (Å²) in [6.45, 7) is 3.81. The summed E-state index contributed by atoms with van der Waals surface area (Å²) in [6.07, 6.45) is 2.61. The molecule has 1 amide bonds. The summed E-state index contributed by atoms with van der Waals surface area (Å²) in [7, 11) is 1.52. The van der Waals surface area contributed by atoms with Crippen molar-refractivity contribution < 1.29 is 14.3 Å². The molecule has 7 heteroatoms. The average molecular weight is 381 g/mol. The van der Waals surface area contributed by atoms with E-state index in [1.165, 1.54) is 7.11 Å². The fraction of sp³-hybridized carbons (Fsp3) is 0.438. The first-order chi connectivity index (χ1) is 10.9. The molecule has 0 radical (unpaired) electrons. The van der Waals surface area contributed by atoms with Crippen LogP contribution in [-0.2, 0) is 20.7 Å². The van der Waals surface area contributed by atoms with E-state index in [0.717, 1.165) is 12.0 Å². The Balaban J connectivity index is 2.72. The van der Waals surface area contributed by atoms with Gasteiger partial charge in [-0.3, -0.25) is 4.79 Å². The van der Waals surface area contributed by atoms with Crippen molar-refractivity contribution in [3.05, 3.63) is 48.6 Å². The van der Waals surface area contributed by atoms with Gasteiger partial charge in [-0.25, -0.2) is 0 Å². The predicted octanol–water partition coefficient (Wildman–Crippen LogP) is 3.65. The number of halogens is 3. The van der Waals surface area contributed by atoms with Gasteiger partial charge in [0.15, 0.2) is 0 Å². The first-order valence-electron chi connectivity index (χ1n) is 7.03. The van der Waals surface area contributed by atoms with Gasteiger partial charge in [0.2, 0.25) is 0 Å². The van der Waals surface area contributed by atoms with Crippen molar-refractivity contribution in [2.24, 2.45) is 0 Å². The maximum Gasteiger partial charge on any atom is 0.272 e. The van der Waals surface area contributed by atoms with Crippen LogP contribution < -0.4 is 5.32 Å². The number of benzene rings is 1. The van der Waals surface area contributed by atoms with Gasteiger partial charge in [0.25, 0.3) is 9.70 Å². The molecule has 23 heavy (non-hydrogen) atoms. The number of nitrogens with one attached hydrogen (secondary N) is 1. The van der Waals surface area contributed by atoms with Crippen LogP contribution in [0.3, 0.4) is 0 Å². The zero-order valence-corrected chi connectivity index (χ0v) is 15.1. The van der Waals surface area contributed by atoms with Gasteiger partial charge in [-0.15, -0.1) is 6.58 Å². The number of carbonyl (C=O) groups excluding carboxylic acids is 1. The van der Waals surface area contributed by atoms with Gasteiger partial charge in [0.05, 0.1) is 12.1 Å². The van der Waals surface area contributed by atoms with Gasteiger partial charge >= 0.3 is 0 Å². The highest BCUT2D eigenvalue weighted by molar-refractivity contribution is 6.76. The van der Waals surface area contributed by atoms with E-state index in [-0.39, 0.29) is 12.9 Å². The van der Waals surface area contributed by atoms with Crippen LogP contribution in [0.5, 0.6) is 0 Å². The number of ether oxygens (including phenoxy) is 2. The third-order valence-electron chi connectivity index (χ3n) is 3.17. The zero-order valence-electron chi connectivity index (χ0n) is 12.8. The van der Waals surface area contributed by atoms with Crippen molar-refractivity contribution >= 4 is 40.7 Å². The molecule has 0 aliphatic carbocycles. The average Bonchev–Trinajstić information content (AvgIpc) is 2.53. The summed E-state index contributed by atoms with van der Waals surface area (Å²) in [5, 5.41) is 2.62. The highest BCUT2D eigenvalue weighted by Crippen LogP contribution is 2.26. The van der Waals surface area contributed by atoms with Gasteiger partial charge < -0.3 is 14.8 Å². The fourth-order valence-corrected chi connectivity index (χ4v) is 2.18. The van der Waals surface area contributed by atoms with E-state index in [1.807, 2.05) is 30.3 Å². The lowest BCUT2D eigenvalue weighted by Crippen LogP contribution is -2.47. The Morgan fingerprint density at radius 1 is 1.35 bits per heavy atom. The Hall–Kier alpha value is -0.780. The first-order valence-corrected chi connectivity index (χ1v) is 8.16. The molecule has 1 aromatic carbocycles. The summed E-state index contributed by atoms with van der Waals surface area (Å²) >= 11 is 16.8. The normalized spacial score (nSPS) is 14.1. The largest absolute Gasteiger partial charge is 0.359 e. The third-order valence-corrected chi connectivity index (χ3v) is 3.68. The molecule has 0 aliphatic heterocycles. The van der Waals surface area contributed by atoms with E-state index < -0.39 is 15.7 Å². The van der Waals surface area contributed by atoms with Gasteiger partial charge in [-0.2, -0.15) is 0 Å². The Morgan fingerprint density at radius 2 is 2.00 bits per heavy atom. The van der Waals surface area contributed by atoms with E-state index in [0.29, 0.717) is 6.42 Å². The van der Waals surface area contributed by atoms with Crippen molar-refractivity contribution in [2.45, 2.75) is 28.8 Å². The van der Waals surface area contributed by atoms with Crippen molar-refractivity contribution in [3.8, 4) is 0 Å².